The zero-order valence-electron chi connectivity index (χ0n) is 23.5. The molecule has 0 aliphatic carbocycles. The van der Waals surface area contributed by atoms with Gasteiger partial charge in [0.05, 0.1) is 0 Å². The Bertz CT molecular complexity index is 1440. The first-order valence-electron chi connectivity index (χ1n) is 13.3. The summed E-state index contributed by atoms with van der Waals surface area (Å²) in [6.07, 6.45) is 9.64. The van der Waals surface area contributed by atoms with E-state index >= 15 is 0 Å². The molecule has 202 valence electrons. The summed E-state index contributed by atoms with van der Waals surface area (Å²) < 4.78 is 0. The van der Waals surface area contributed by atoms with Gasteiger partial charge in [0.2, 0.25) is 0 Å². The van der Waals surface area contributed by atoms with E-state index in [9.17, 15) is 0 Å². The van der Waals surface area contributed by atoms with E-state index in [0.717, 1.165) is 22.4 Å². The van der Waals surface area contributed by atoms with Gasteiger partial charge in [-0.15, -0.1) is 69.1 Å². The average Bonchev–Trinajstić information content (AvgIpc) is 3.63. The molecule has 0 unspecified atom stereocenters. The number of halogens is 2. The minimum absolute atomic E-state index is 0.826. The molecule has 0 aliphatic heterocycles. The summed E-state index contributed by atoms with van der Waals surface area (Å²) in [6.45, 7) is 8.69. The van der Waals surface area contributed by atoms with Gasteiger partial charge in [-0.2, -0.15) is 12.1 Å². The second-order valence-electron chi connectivity index (χ2n) is 9.11. The van der Waals surface area contributed by atoms with Gasteiger partial charge in [0, 0.05) is 34.3 Å². The molecule has 0 aliphatic rings. The molecule has 0 bridgehead atoms. The molecule has 2 nitrogen and oxygen atoms in total. The molecule has 0 saturated heterocycles. The Morgan fingerprint density at radius 2 is 1.07 bits per heavy atom. The topological polar surface area (TPSA) is 25.8 Å². The zero-order chi connectivity index (χ0) is 28.7. The van der Waals surface area contributed by atoms with Crippen LogP contribution < -0.4 is 0 Å². The SMILES string of the molecule is CCc1cc2c(-c3cccnc3)cccc2[cH-]1.CCc1cc2c(-c3cccnc3)cccc2[cH-]1.C[Si]C.[Cl][Zr+2][Cl]. The molecule has 0 spiro atoms. The molecule has 0 atom stereocenters. The number of hydrogen-bond donors (Lipinski definition) is 0. The molecule has 2 aromatic heterocycles. The fourth-order valence-electron chi connectivity index (χ4n) is 4.55. The van der Waals surface area contributed by atoms with E-state index in [1.54, 1.807) is 0 Å². The summed E-state index contributed by atoms with van der Waals surface area (Å²) in [5.74, 6) is 0. The van der Waals surface area contributed by atoms with Gasteiger partial charge in [-0.1, -0.05) is 62.3 Å². The van der Waals surface area contributed by atoms with Crippen molar-refractivity contribution >= 4 is 48.1 Å². The number of aryl methyl sites for hydroxylation is 2. The molecular formula is C34H34Cl2N2SiZr. The van der Waals surface area contributed by atoms with Crippen LogP contribution in [0.25, 0.3) is 43.8 Å². The van der Waals surface area contributed by atoms with Crippen LogP contribution in [0.4, 0.5) is 0 Å². The normalized spacial score (nSPS) is 9.95. The Morgan fingerprint density at radius 3 is 1.40 bits per heavy atom. The molecule has 6 aromatic rings. The number of benzene rings is 2. The van der Waals surface area contributed by atoms with Crippen molar-refractivity contribution in [2.45, 2.75) is 39.8 Å². The van der Waals surface area contributed by atoms with Crippen LogP contribution in [0, 0.1) is 0 Å². The van der Waals surface area contributed by atoms with Crippen molar-refractivity contribution < 1.29 is 20.8 Å². The zero-order valence-corrected chi connectivity index (χ0v) is 28.4. The van der Waals surface area contributed by atoms with Crippen LogP contribution in [0.5, 0.6) is 0 Å². The van der Waals surface area contributed by atoms with Gasteiger partial charge >= 0.3 is 37.9 Å². The quantitative estimate of drug-likeness (QED) is 0.139. The Kier molecular flexibility index (Phi) is 14.0. The van der Waals surface area contributed by atoms with Crippen molar-refractivity contribution in [1.82, 2.24) is 9.97 Å². The van der Waals surface area contributed by atoms with Crippen molar-refractivity contribution in [1.29, 1.82) is 0 Å². The number of nitrogens with zero attached hydrogens (tertiary/aromatic N) is 2. The van der Waals surface area contributed by atoms with Gasteiger partial charge in [0.1, 0.15) is 0 Å². The van der Waals surface area contributed by atoms with Crippen LogP contribution in [-0.4, -0.2) is 19.5 Å². The molecule has 0 fully saturated rings. The molecule has 0 saturated carbocycles. The summed E-state index contributed by atoms with van der Waals surface area (Å²) in [5.41, 5.74) is 7.72. The standard InChI is InChI=1S/2C16H14N.C2H6Si.2ClH.Zr/c2*1-2-12-9-13-5-3-7-15(16(13)10-12)14-6-4-8-17-11-14;1-3-2;;;/h2*3-11H,2H2,1H3;1-2H3;2*1H;/q2*-1;;;;+4/p-2. The second-order valence-corrected chi connectivity index (χ2v) is 13.8. The molecule has 6 heteroatoms. The van der Waals surface area contributed by atoms with E-state index in [-0.39, 0.29) is 0 Å². The van der Waals surface area contributed by atoms with Gasteiger partial charge in [-0.25, -0.2) is 0 Å². The van der Waals surface area contributed by atoms with E-state index in [2.05, 4.69) is 110 Å². The van der Waals surface area contributed by atoms with Crippen LogP contribution in [0.15, 0.2) is 110 Å². The van der Waals surface area contributed by atoms with E-state index in [1.165, 1.54) is 54.9 Å². The molecular weight excluding hydrogens is 627 g/mol. The van der Waals surface area contributed by atoms with E-state index in [4.69, 9.17) is 17.0 Å². The molecule has 0 amide bonds. The molecule has 40 heavy (non-hydrogen) atoms. The van der Waals surface area contributed by atoms with Gasteiger partial charge in [-0.05, 0) is 36.1 Å². The Balaban J connectivity index is 0.000000185. The Hall–Kier alpha value is -2.36. The number of rotatable bonds is 4. The average molecular weight is 661 g/mol. The van der Waals surface area contributed by atoms with E-state index in [0.29, 0.717) is 0 Å². The van der Waals surface area contributed by atoms with Crippen LogP contribution in [-0.2, 0) is 33.7 Å². The third-order valence-electron chi connectivity index (χ3n) is 6.38. The Morgan fingerprint density at radius 1 is 0.675 bits per heavy atom. The third-order valence-corrected chi connectivity index (χ3v) is 6.38. The maximum atomic E-state index is 4.93. The number of pyridine rings is 2. The molecule has 0 N–H and O–H groups in total. The van der Waals surface area contributed by atoms with Crippen LogP contribution in [0.3, 0.4) is 0 Å². The molecule has 6 rings (SSSR count). The van der Waals surface area contributed by atoms with Gasteiger partial charge in [0.25, 0.3) is 0 Å². The van der Waals surface area contributed by atoms with Gasteiger partial charge in [0.15, 0.2) is 0 Å². The van der Waals surface area contributed by atoms with Crippen LogP contribution >= 0.6 is 17.0 Å². The summed E-state index contributed by atoms with van der Waals surface area (Å²) in [7, 11) is 11.0. The van der Waals surface area contributed by atoms with Crippen molar-refractivity contribution in [2.75, 3.05) is 0 Å². The minimum atomic E-state index is -0.826. The number of hydrogen-bond acceptors (Lipinski definition) is 2. The first-order valence-corrected chi connectivity index (χ1v) is 21.6. The fraction of sp³-hybridized carbons (Fsp3) is 0.176. The molecule has 4 aromatic carbocycles. The van der Waals surface area contributed by atoms with Crippen molar-refractivity contribution in [3.63, 3.8) is 0 Å². The van der Waals surface area contributed by atoms with E-state index < -0.39 is 20.8 Å². The Labute approximate surface area is 260 Å². The fourth-order valence-corrected chi connectivity index (χ4v) is 4.55. The van der Waals surface area contributed by atoms with Crippen molar-refractivity contribution in [2.24, 2.45) is 0 Å². The molecule has 2 heterocycles. The van der Waals surface area contributed by atoms with E-state index in [1.807, 2.05) is 36.9 Å². The summed E-state index contributed by atoms with van der Waals surface area (Å²) in [4.78, 5) is 8.39. The second kappa shape index (κ2) is 17.5. The first-order chi connectivity index (χ1) is 19.6. The van der Waals surface area contributed by atoms with Gasteiger partial charge in [-0.3, -0.25) is 9.97 Å². The maximum absolute atomic E-state index is 4.93. The predicted octanol–water partition coefficient (Wildman–Crippen LogP) is 10.5. The molecule has 2 radical (unpaired) electrons. The van der Waals surface area contributed by atoms with Crippen LogP contribution in [0.1, 0.15) is 25.0 Å². The van der Waals surface area contributed by atoms with Crippen molar-refractivity contribution in [3.05, 3.63) is 121 Å². The summed E-state index contributed by atoms with van der Waals surface area (Å²) in [5, 5.41) is 5.31. The van der Waals surface area contributed by atoms with Gasteiger partial charge < -0.3 is 0 Å². The predicted molar refractivity (Wildman–Crippen MR) is 173 cm³/mol. The number of fused-ring (bicyclic) bond motifs is 2. The van der Waals surface area contributed by atoms with Crippen molar-refractivity contribution in [3.8, 4) is 22.3 Å². The van der Waals surface area contributed by atoms with Crippen LogP contribution in [0.2, 0.25) is 13.1 Å². The summed E-state index contributed by atoms with van der Waals surface area (Å²) >= 11 is -0.826. The summed E-state index contributed by atoms with van der Waals surface area (Å²) in [6, 6.07) is 30.2. The monoisotopic (exact) mass is 658 g/mol. The number of aromatic nitrogens is 2. The first kappa shape index (κ1) is 32.2. The third kappa shape index (κ3) is 8.82.